The molecule has 1 rings (SSSR count). The Morgan fingerprint density at radius 2 is 1.80 bits per heavy atom. The van der Waals surface area contributed by atoms with Gasteiger partial charge < -0.3 is 4.74 Å². The Balaban J connectivity index is 2.97. The second-order valence-electron chi connectivity index (χ2n) is 5.08. The molecule has 15 heavy (non-hydrogen) atoms. The van der Waals surface area contributed by atoms with Crippen LogP contribution in [-0.4, -0.2) is 6.10 Å². The fraction of sp³-hybridized carbons (Fsp3) is 0.571. The molecule has 0 saturated heterocycles. The molecule has 0 bridgehead atoms. The van der Waals surface area contributed by atoms with Gasteiger partial charge in [0.15, 0.2) is 0 Å². The summed E-state index contributed by atoms with van der Waals surface area (Å²) in [4.78, 5) is 0. The summed E-state index contributed by atoms with van der Waals surface area (Å²) in [5, 5.41) is 0. The molecule has 1 aromatic carbocycles. The lowest BCUT2D eigenvalue weighted by Gasteiger charge is -2.24. The third kappa shape index (κ3) is 3.26. The SMILES string of the molecule is CCC(C)Oc1ccccc1C(C)(C)C. The van der Waals surface area contributed by atoms with Gasteiger partial charge in [-0.15, -0.1) is 0 Å². The van der Waals surface area contributed by atoms with Crippen molar-refractivity contribution in [3.63, 3.8) is 0 Å². The van der Waals surface area contributed by atoms with Gasteiger partial charge in [-0.05, 0) is 30.4 Å². The lowest BCUT2D eigenvalue weighted by molar-refractivity contribution is 0.212. The molecule has 1 unspecified atom stereocenters. The Hall–Kier alpha value is -0.980. The Morgan fingerprint density at radius 3 is 2.33 bits per heavy atom. The molecule has 0 amide bonds. The maximum absolute atomic E-state index is 5.92. The van der Waals surface area contributed by atoms with E-state index >= 15 is 0 Å². The second-order valence-corrected chi connectivity index (χ2v) is 5.08. The zero-order chi connectivity index (χ0) is 11.5. The minimum atomic E-state index is 0.143. The fourth-order valence-corrected chi connectivity index (χ4v) is 1.49. The van der Waals surface area contributed by atoms with Crippen molar-refractivity contribution < 1.29 is 4.74 Å². The van der Waals surface area contributed by atoms with Crippen LogP contribution in [-0.2, 0) is 5.41 Å². The fourth-order valence-electron chi connectivity index (χ4n) is 1.49. The highest BCUT2D eigenvalue weighted by Gasteiger charge is 2.18. The van der Waals surface area contributed by atoms with Gasteiger partial charge in [0.1, 0.15) is 5.75 Å². The first-order valence-corrected chi connectivity index (χ1v) is 5.71. The van der Waals surface area contributed by atoms with E-state index in [1.807, 2.05) is 6.07 Å². The number of hydrogen-bond acceptors (Lipinski definition) is 1. The highest BCUT2D eigenvalue weighted by Crippen LogP contribution is 2.31. The number of ether oxygens (including phenoxy) is 1. The van der Waals surface area contributed by atoms with Gasteiger partial charge in [-0.3, -0.25) is 0 Å². The normalized spacial score (nSPS) is 13.7. The van der Waals surface area contributed by atoms with Crippen LogP contribution in [0.1, 0.15) is 46.6 Å². The van der Waals surface area contributed by atoms with E-state index in [9.17, 15) is 0 Å². The van der Waals surface area contributed by atoms with Crippen molar-refractivity contribution >= 4 is 0 Å². The van der Waals surface area contributed by atoms with Crippen LogP contribution >= 0.6 is 0 Å². The highest BCUT2D eigenvalue weighted by molar-refractivity contribution is 5.38. The van der Waals surface area contributed by atoms with Crippen molar-refractivity contribution in [1.82, 2.24) is 0 Å². The zero-order valence-electron chi connectivity index (χ0n) is 10.5. The third-order valence-electron chi connectivity index (χ3n) is 2.60. The third-order valence-corrected chi connectivity index (χ3v) is 2.60. The van der Waals surface area contributed by atoms with Crippen LogP contribution in [0.2, 0.25) is 0 Å². The van der Waals surface area contributed by atoms with Crippen LogP contribution in [0.15, 0.2) is 24.3 Å². The van der Waals surface area contributed by atoms with Crippen molar-refractivity contribution in [3.8, 4) is 5.75 Å². The summed E-state index contributed by atoms with van der Waals surface area (Å²) >= 11 is 0. The maximum Gasteiger partial charge on any atom is 0.123 e. The van der Waals surface area contributed by atoms with E-state index in [0.717, 1.165) is 12.2 Å². The van der Waals surface area contributed by atoms with Gasteiger partial charge in [0.25, 0.3) is 0 Å². The summed E-state index contributed by atoms with van der Waals surface area (Å²) in [6, 6.07) is 8.32. The van der Waals surface area contributed by atoms with Crippen molar-refractivity contribution in [3.05, 3.63) is 29.8 Å². The molecule has 0 aliphatic carbocycles. The number of hydrogen-bond donors (Lipinski definition) is 0. The van der Waals surface area contributed by atoms with Crippen LogP contribution in [0.3, 0.4) is 0 Å². The smallest absolute Gasteiger partial charge is 0.123 e. The van der Waals surface area contributed by atoms with Crippen LogP contribution in [0.4, 0.5) is 0 Å². The van der Waals surface area contributed by atoms with E-state index in [1.165, 1.54) is 5.56 Å². The molecule has 0 fully saturated rings. The van der Waals surface area contributed by atoms with Gasteiger partial charge >= 0.3 is 0 Å². The molecule has 0 aromatic heterocycles. The largest absolute Gasteiger partial charge is 0.490 e. The molecule has 84 valence electrons. The summed E-state index contributed by atoms with van der Waals surface area (Å²) < 4.78 is 5.92. The first-order valence-electron chi connectivity index (χ1n) is 5.71. The average molecular weight is 206 g/mol. The van der Waals surface area contributed by atoms with E-state index in [-0.39, 0.29) is 11.5 Å². The molecule has 0 aliphatic heterocycles. The summed E-state index contributed by atoms with van der Waals surface area (Å²) in [5.41, 5.74) is 1.43. The second kappa shape index (κ2) is 4.69. The molecule has 1 nitrogen and oxygen atoms in total. The summed E-state index contributed by atoms with van der Waals surface area (Å²) in [6.45, 7) is 10.9. The Bertz CT molecular complexity index is 309. The molecular weight excluding hydrogens is 184 g/mol. The Kier molecular flexibility index (Phi) is 3.78. The number of para-hydroxylation sites is 1. The maximum atomic E-state index is 5.92. The molecule has 1 heteroatoms. The summed E-state index contributed by atoms with van der Waals surface area (Å²) in [5.74, 6) is 1.03. The molecule has 0 aliphatic rings. The lowest BCUT2D eigenvalue weighted by Crippen LogP contribution is -2.17. The monoisotopic (exact) mass is 206 g/mol. The highest BCUT2D eigenvalue weighted by atomic mass is 16.5. The summed E-state index contributed by atoms with van der Waals surface area (Å²) in [6.07, 6.45) is 1.33. The van der Waals surface area contributed by atoms with Gasteiger partial charge in [0.2, 0.25) is 0 Å². The van der Waals surface area contributed by atoms with Gasteiger partial charge in [0, 0.05) is 0 Å². The zero-order valence-corrected chi connectivity index (χ0v) is 10.5. The van der Waals surface area contributed by atoms with E-state index in [2.05, 4.69) is 52.8 Å². The molecule has 1 atom stereocenters. The van der Waals surface area contributed by atoms with Crippen molar-refractivity contribution in [2.24, 2.45) is 0 Å². The van der Waals surface area contributed by atoms with Crippen molar-refractivity contribution in [1.29, 1.82) is 0 Å². The van der Waals surface area contributed by atoms with E-state index in [4.69, 9.17) is 4.74 Å². The Labute approximate surface area is 93.5 Å². The minimum Gasteiger partial charge on any atom is -0.490 e. The van der Waals surface area contributed by atoms with Gasteiger partial charge in [-0.25, -0.2) is 0 Å². The molecule has 0 N–H and O–H groups in total. The van der Waals surface area contributed by atoms with Gasteiger partial charge in [-0.2, -0.15) is 0 Å². The molecule has 0 heterocycles. The first kappa shape index (κ1) is 12.1. The summed E-state index contributed by atoms with van der Waals surface area (Å²) in [7, 11) is 0. The van der Waals surface area contributed by atoms with Crippen molar-refractivity contribution in [2.75, 3.05) is 0 Å². The standard InChI is InChI=1S/C14H22O/c1-6-11(2)15-13-10-8-7-9-12(13)14(3,4)5/h7-11H,6H2,1-5H3. The van der Waals surface area contributed by atoms with E-state index in [1.54, 1.807) is 0 Å². The minimum absolute atomic E-state index is 0.143. The van der Waals surface area contributed by atoms with Crippen LogP contribution in [0, 0.1) is 0 Å². The van der Waals surface area contributed by atoms with Crippen LogP contribution in [0.25, 0.3) is 0 Å². The molecule has 1 aromatic rings. The van der Waals surface area contributed by atoms with E-state index in [0.29, 0.717) is 0 Å². The molecular formula is C14H22O. The number of rotatable bonds is 3. The quantitative estimate of drug-likeness (QED) is 0.721. The first-order chi connectivity index (χ1) is 6.95. The molecule has 0 spiro atoms. The molecule has 0 radical (unpaired) electrons. The Morgan fingerprint density at radius 1 is 1.20 bits per heavy atom. The van der Waals surface area contributed by atoms with Crippen LogP contribution in [0.5, 0.6) is 5.75 Å². The van der Waals surface area contributed by atoms with E-state index < -0.39 is 0 Å². The van der Waals surface area contributed by atoms with Crippen molar-refractivity contribution in [2.45, 2.75) is 52.6 Å². The lowest BCUT2D eigenvalue weighted by atomic mass is 9.86. The number of benzene rings is 1. The average Bonchev–Trinajstić information content (AvgIpc) is 2.17. The molecule has 0 saturated carbocycles. The van der Waals surface area contributed by atoms with Gasteiger partial charge in [-0.1, -0.05) is 45.9 Å². The van der Waals surface area contributed by atoms with Gasteiger partial charge in [0.05, 0.1) is 6.10 Å². The predicted molar refractivity (Wildman–Crippen MR) is 65.5 cm³/mol. The predicted octanol–water partition coefficient (Wildman–Crippen LogP) is 4.16. The van der Waals surface area contributed by atoms with Crippen LogP contribution < -0.4 is 4.74 Å². The topological polar surface area (TPSA) is 9.23 Å².